The number of halogens is 1. The summed E-state index contributed by atoms with van der Waals surface area (Å²) >= 11 is 4.66. The Bertz CT molecular complexity index is 1310. The van der Waals surface area contributed by atoms with E-state index in [9.17, 15) is 9.59 Å². The Morgan fingerprint density at radius 2 is 1.89 bits per heavy atom. The summed E-state index contributed by atoms with van der Waals surface area (Å²) in [6.07, 6.45) is 1.34. The molecular weight excluding hydrogens is 428 g/mol. The van der Waals surface area contributed by atoms with Crippen LogP contribution < -0.4 is 15.0 Å². The van der Waals surface area contributed by atoms with E-state index < -0.39 is 0 Å². The van der Waals surface area contributed by atoms with Crippen molar-refractivity contribution in [3.63, 3.8) is 0 Å². The van der Waals surface area contributed by atoms with Crippen LogP contribution in [0.2, 0.25) is 0 Å². The first-order valence-corrected chi connectivity index (χ1v) is 9.77. The number of hydrogen-bond donors (Lipinski definition) is 0. The van der Waals surface area contributed by atoms with Crippen molar-refractivity contribution in [3.8, 4) is 0 Å². The van der Waals surface area contributed by atoms with Crippen molar-refractivity contribution in [3.05, 3.63) is 85.3 Å². The zero-order valence-electron chi connectivity index (χ0n) is 13.8. The second-order valence-corrected chi connectivity index (χ2v) is 8.00. The number of anilines is 1. The SMILES string of the molecule is O=C1/C(=c2\sc3ncnn3c2=O)c2cc(Br)ccc2N1Cc1ccccc1. The number of benzene rings is 2. The number of fused-ring (bicyclic) bond motifs is 2. The quantitative estimate of drug-likeness (QED) is 0.481. The topological polar surface area (TPSA) is 67.6 Å². The number of rotatable bonds is 2. The Morgan fingerprint density at radius 1 is 1.07 bits per heavy atom. The van der Waals surface area contributed by atoms with Gasteiger partial charge in [-0.15, -0.1) is 0 Å². The van der Waals surface area contributed by atoms with E-state index in [-0.39, 0.29) is 11.5 Å². The average Bonchev–Trinajstić information content (AvgIpc) is 3.31. The molecule has 0 spiro atoms. The lowest BCUT2D eigenvalue weighted by Crippen LogP contribution is -2.32. The van der Waals surface area contributed by atoms with Crippen LogP contribution in [0.5, 0.6) is 0 Å². The monoisotopic (exact) mass is 438 g/mol. The number of hydrogen-bond acceptors (Lipinski definition) is 5. The summed E-state index contributed by atoms with van der Waals surface area (Å²) in [5.74, 6) is -0.187. The largest absolute Gasteiger partial charge is 0.303 e. The van der Waals surface area contributed by atoms with E-state index in [2.05, 4.69) is 26.0 Å². The molecule has 2 aromatic heterocycles. The number of carbonyl (C=O) groups is 1. The van der Waals surface area contributed by atoms with E-state index in [1.165, 1.54) is 22.2 Å². The third-order valence-electron chi connectivity index (χ3n) is 4.48. The summed E-state index contributed by atoms with van der Waals surface area (Å²) in [5.41, 5.74) is 2.64. The van der Waals surface area contributed by atoms with Crippen molar-refractivity contribution in [2.24, 2.45) is 0 Å². The van der Waals surface area contributed by atoms with Gasteiger partial charge in [-0.05, 0) is 23.8 Å². The molecule has 4 aromatic rings. The van der Waals surface area contributed by atoms with Gasteiger partial charge in [0, 0.05) is 10.0 Å². The molecule has 1 amide bonds. The molecule has 132 valence electrons. The molecule has 6 nitrogen and oxygen atoms in total. The zero-order valence-corrected chi connectivity index (χ0v) is 16.2. The average molecular weight is 439 g/mol. The zero-order chi connectivity index (χ0) is 18.5. The van der Waals surface area contributed by atoms with Gasteiger partial charge < -0.3 is 4.90 Å². The maximum Gasteiger partial charge on any atom is 0.291 e. The molecule has 8 heteroatoms. The highest BCUT2D eigenvalue weighted by Crippen LogP contribution is 2.38. The third-order valence-corrected chi connectivity index (χ3v) is 6.02. The number of aromatic nitrogens is 3. The smallest absolute Gasteiger partial charge is 0.291 e. The van der Waals surface area contributed by atoms with Crippen molar-refractivity contribution >= 4 is 49.4 Å². The lowest BCUT2D eigenvalue weighted by Gasteiger charge is -2.17. The molecule has 2 aromatic carbocycles. The molecule has 0 aliphatic carbocycles. The Labute approximate surface area is 165 Å². The van der Waals surface area contributed by atoms with Crippen LogP contribution >= 0.6 is 27.3 Å². The summed E-state index contributed by atoms with van der Waals surface area (Å²) in [4.78, 5) is 32.3. The van der Waals surface area contributed by atoms with Crippen molar-refractivity contribution in [1.82, 2.24) is 14.6 Å². The Balaban J connectivity index is 1.76. The van der Waals surface area contributed by atoms with Gasteiger partial charge in [0.1, 0.15) is 10.9 Å². The fraction of sp³-hybridized carbons (Fsp3) is 0.0526. The Morgan fingerprint density at radius 3 is 2.67 bits per heavy atom. The maximum absolute atomic E-state index is 13.3. The van der Waals surface area contributed by atoms with Gasteiger partial charge >= 0.3 is 0 Å². The first-order chi connectivity index (χ1) is 13.1. The van der Waals surface area contributed by atoms with Crippen LogP contribution in [-0.2, 0) is 11.3 Å². The standard InChI is InChI=1S/C19H11BrN4O2S/c20-12-6-7-14-13(8-12)15(16-18(26)24-19(27-16)21-10-22-24)17(25)23(14)9-11-4-2-1-3-5-11/h1-8,10H,9H2/b16-15-. The minimum Gasteiger partial charge on any atom is -0.303 e. The molecule has 0 fully saturated rings. The molecule has 0 bridgehead atoms. The van der Waals surface area contributed by atoms with Gasteiger partial charge in [-0.2, -0.15) is 9.61 Å². The third kappa shape index (κ3) is 2.52. The minimum atomic E-state index is -0.316. The van der Waals surface area contributed by atoms with Crippen LogP contribution in [0.4, 0.5) is 5.69 Å². The van der Waals surface area contributed by atoms with E-state index in [0.717, 1.165) is 21.3 Å². The molecule has 27 heavy (non-hydrogen) atoms. The summed E-state index contributed by atoms with van der Waals surface area (Å²) < 4.78 is 2.45. The highest BCUT2D eigenvalue weighted by atomic mass is 79.9. The highest BCUT2D eigenvalue weighted by molar-refractivity contribution is 9.10. The van der Waals surface area contributed by atoms with Crippen molar-refractivity contribution in [1.29, 1.82) is 0 Å². The van der Waals surface area contributed by atoms with Gasteiger partial charge in [0.2, 0.25) is 4.96 Å². The molecule has 0 saturated heterocycles. The van der Waals surface area contributed by atoms with E-state index in [1.54, 1.807) is 4.90 Å². The molecule has 0 atom stereocenters. The number of nitrogens with zero attached hydrogens (tertiary/aromatic N) is 4. The van der Waals surface area contributed by atoms with Crippen LogP contribution in [0.1, 0.15) is 11.1 Å². The highest BCUT2D eigenvalue weighted by Gasteiger charge is 2.34. The van der Waals surface area contributed by atoms with E-state index in [0.29, 0.717) is 21.6 Å². The maximum atomic E-state index is 13.3. The fourth-order valence-corrected chi connectivity index (χ4v) is 4.61. The first kappa shape index (κ1) is 16.3. The number of thiazole rings is 1. The minimum absolute atomic E-state index is 0.187. The molecule has 0 radical (unpaired) electrons. The fourth-order valence-electron chi connectivity index (χ4n) is 3.27. The molecule has 1 aliphatic heterocycles. The van der Waals surface area contributed by atoms with E-state index in [1.807, 2.05) is 48.5 Å². The second kappa shape index (κ2) is 6.11. The van der Waals surface area contributed by atoms with Crippen molar-refractivity contribution in [2.75, 3.05) is 4.90 Å². The van der Waals surface area contributed by atoms with Crippen LogP contribution in [0.25, 0.3) is 10.5 Å². The van der Waals surface area contributed by atoms with Gasteiger partial charge in [-0.3, -0.25) is 9.59 Å². The molecule has 1 aliphatic rings. The lowest BCUT2D eigenvalue weighted by molar-refractivity contribution is -0.113. The van der Waals surface area contributed by atoms with Crippen LogP contribution in [0.15, 0.2) is 64.1 Å². The van der Waals surface area contributed by atoms with Crippen molar-refractivity contribution < 1.29 is 4.79 Å². The van der Waals surface area contributed by atoms with Gasteiger partial charge in [0.05, 0.1) is 17.8 Å². The van der Waals surface area contributed by atoms with Crippen LogP contribution in [-0.4, -0.2) is 20.5 Å². The molecule has 0 unspecified atom stereocenters. The summed E-state index contributed by atoms with van der Waals surface area (Å²) in [5, 5.41) is 3.95. The van der Waals surface area contributed by atoms with Crippen LogP contribution in [0.3, 0.4) is 0 Å². The summed E-state index contributed by atoms with van der Waals surface area (Å²) in [7, 11) is 0. The number of carbonyl (C=O) groups excluding carboxylic acids is 1. The Kier molecular flexibility index (Phi) is 3.70. The number of amides is 1. The van der Waals surface area contributed by atoms with Gasteiger partial charge in [0.15, 0.2) is 0 Å². The summed E-state index contributed by atoms with van der Waals surface area (Å²) in [6.45, 7) is 0.437. The van der Waals surface area contributed by atoms with Gasteiger partial charge in [-0.1, -0.05) is 57.6 Å². The Hall–Kier alpha value is -2.84. The predicted octanol–water partition coefficient (Wildman–Crippen LogP) is 2.38. The molecule has 3 heterocycles. The summed E-state index contributed by atoms with van der Waals surface area (Å²) in [6, 6.07) is 15.5. The van der Waals surface area contributed by atoms with Crippen molar-refractivity contribution in [2.45, 2.75) is 6.54 Å². The second-order valence-electron chi connectivity index (χ2n) is 6.10. The van der Waals surface area contributed by atoms with Gasteiger partial charge in [-0.25, -0.2) is 4.98 Å². The molecule has 0 saturated carbocycles. The van der Waals surface area contributed by atoms with E-state index >= 15 is 0 Å². The molecular formula is C19H11BrN4O2S. The predicted molar refractivity (Wildman–Crippen MR) is 107 cm³/mol. The normalized spacial score (nSPS) is 15.6. The van der Waals surface area contributed by atoms with E-state index in [4.69, 9.17) is 0 Å². The van der Waals surface area contributed by atoms with Gasteiger partial charge in [0.25, 0.3) is 11.5 Å². The lowest BCUT2D eigenvalue weighted by atomic mass is 10.1. The van der Waals surface area contributed by atoms with Crippen LogP contribution in [0, 0.1) is 0 Å². The molecule has 5 rings (SSSR count). The first-order valence-electron chi connectivity index (χ1n) is 8.16. The molecule has 0 N–H and O–H groups in total.